The van der Waals surface area contributed by atoms with Gasteiger partial charge in [0, 0.05) is 20.1 Å². The Bertz CT molecular complexity index is 292. The third-order valence-corrected chi connectivity index (χ3v) is 3.43. The van der Waals surface area contributed by atoms with Crippen LogP contribution in [0.25, 0.3) is 0 Å². The van der Waals surface area contributed by atoms with Crippen LogP contribution < -0.4 is 16.4 Å². The van der Waals surface area contributed by atoms with Gasteiger partial charge in [-0.05, 0) is 32.2 Å². The summed E-state index contributed by atoms with van der Waals surface area (Å²) in [5, 5.41) is 5.42. The zero-order valence-electron chi connectivity index (χ0n) is 13.6. The Kier molecular flexibility index (Phi) is 11.9. The monoisotopic (exact) mass is 301 g/mol. The molecule has 0 radical (unpaired) electrons. The fourth-order valence-electron chi connectivity index (χ4n) is 2.22. The van der Waals surface area contributed by atoms with Crippen LogP contribution in [0.5, 0.6) is 0 Å². The van der Waals surface area contributed by atoms with Crippen LogP contribution in [0.4, 0.5) is 0 Å². The van der Waals surface area contributed by atoms with Crippen LogP contribution in [0.15, 0.2) is 0 Å². The lowest BCUT2D eigenvalue weighted by Gasteiger charge is -2.17. The fourth-order valence-corrected chi connectivity index (χ4v) is 2.22. The Labute approximate surface area is 128 Å². The van der Waals surface area contributed by atoms with Crippen molar-refractivity contribution in [2.24, 2.45) is 11.7 Å². The minimum Gasteiger partial charge on any atom is -0.383 e. The average Bonchev–Trinajstić information content (AvgIpc) is 2.45. The molecule has 0 aliphatic carbocycles. The van der Waals surface area contributed by atoms with Crippen molar-refractivity contribution in [2.75, 3.05) is 26.8 Å². The van der Waals surface area contributed by atoms with Crippen molar-refractivity contribution < 1.29 is 14.3 Å². The van der Waals surface area contributed by atoms with Gasteiger partial charge in [-0.25, -0.2) is 0 Å². The molecule has 0 saturated carbocycles. The molecule has 0 aromatic heterocycles. The fraction of sp³-hybridized carbons (Fsp3) is 0.867. The maximum absolute atomic E-state index is 11.9. The molecule has 2 unspecified atom stereocenters. The Morgan fingerprint density at radius 2 is 1.95 bits per heavy atom. The number of carbonyl (C=O) groups is 2. The standard InChI is InChI=1S/C15H31N3O3/c1-4-5-13(8-9-16)6-7-14(19)18-12(2)15(20)17-10-11-21-3/h12-13H,4-11,16H2,1-3H3,(H,17,20)(H,18,19). The topological polar surface area (TPSA) is 93.5 Å². The first-order valence-electron chi connectivity index (χ1n) is 7.81. The lowest BCUT2D eigenvalue weighted by Crippen LogP contribution is -2.45. The summed E-state index contributed by atoms with van der Waals surface area (Å²) in [5.74, 6) is 0.228. The summed E-state index contributed by atoms with van der Waals surface area (Å²) in [7, 11) is 1.57. The van der Waals surface area contributed by atoms with Gasteiger partial charge in [-0.2, -0.15) is 0 Å². The van der Waals surface area contributed by atoms with E-state index in [1.54, 1.807) is 14.0 Å². The highest BCUT2D eigenvalue weighted by Gasteiger charge is 2.16. The molecule has 6 heteroatoms. The molecule has 6 nitrogen and oxygen atoms in total. The normalized spacial score (nSPS) is 13.5. The Morgan fingerprint density at radius 1 is 1.24 bits per heavy atom. The van der Waals surface area contributed by atoms with Crippen LogP contribution in [0.3, 0.4) is 0 Å². The van der Waals surface area contributed by atoms with E-state index in [0.29, 0.717) is 32.0 Å². The number of carbonyl (C=O) groups excluding carboxylic acids is 2. The Hall–Kier alpha value is -1.14. The van der Waals surface area contributed by atoms with Crippen LogP contribution in [0, 0.1) is 5.92 Å². The minimum atomic E-state index is -0.520. The van der Waals surface area contributed by atoms with Gasteiger partial charge in [0.15, 0.2) is 0 Å². The second-order valence-electron chi connectivity index (χ2n) is 5.34. The summed E-state index contributed by atoms with van der Waals surface area (Å²) in [6.45, 7) is 5.39. The number of amides is 2. The van der Waals surface area contributed by atoms with Gasteiger partial charge in [0.2, 0.25) is 11.8 Å². The maximum Gasteiger partial charge on any atom is 0.242 e. The molecule has 124 valence electrons. The number of nitrogens with one attached hydrogen (secondary N) is 2. The highest BCUT2D eigenvalue weighted by Crippen LogP contribution is 2.16. The first-order valence-corrected chi connectivity index (χ1v) is 7.81. The molecule has 0 fully saturated rings. The zero-order valence-corrected chi connectivity index (χ0v) is 13.6. The summed E-state index contributed by atoms with van der Waals surface area (Å²) in [6.07, 6.45) is 4.42. The lowest BCUT2D eigenvalue weighted by molar-refractivity contribution is -0.128. The summed E-state index contributed by atoms with van der Waals surface area (Å²) >= 11 is 0. The predicted octanol–water partition coefficient (Wildman–Crippen LogP) is 0.799. The van der Waals surface area contributed by atoms with Crippen molar-refractivity contribution in [2.45, 2.75) is 52.0 Å². The van der Waals surface area contributed by atoms with Crippen molar-refractivity contribution in [1.82, 2.24) is 10.6 Å². The molecule has 0 heterocycles. The molecule has 2 atom stereocenters. The molecule has 0 aromatic rings. The summed E-state index contributed by atoms with van der Waals surface area (Å²) in [4.78, 5) is 23.6. The molecular formula is C15H31N3O3. The van der Waals surface area contributed by atoms with Crippen LogP contribution in [-0.4, -0.2) is 44.7 Å². The molecule has 0 aromatic carbocycles. The highest BCUT2D eigenvalue weighted by molar-refractivity contribution is 5.87. The van der Waals surface area contributed by atoms with E-state index in [0.717, 1.165) is 25.7 Å². The van der Waals surface area contributed by atoms with Gasteiger partial charge in [0.25, 0.3) is 0 Å². The SMILES string of the molecule is CCCC(CCN)CCC(=O)NC(C)C(=O)NCCOC. The van der Waals surface area contributed by atoms with Gasteiger partial charge >= 0.3 is 0 Å². The third-order valence-electron chi connectivity index (χ3n) is 3.43. The molecular weight excluding hydrogens is 270 g/mol. The van der Waals surface area contributed by atoms with Gasteiger partial charge < -0.3 is 21.1 Å². The van der Waals surface area contributed by atoms with Gasteiger partial charge in [-0.1, -0.05) is 19.8 Å². The summed E-state index contributed by atoms with van der Waals surface area (Å²) in [6, 6.07) is -0.520. The molecule has 0 spiro atoms. The molecule has 4 N–H and O–H groups in total. The average molecular weight is 301 g/mol. The molecule has 0 rings (SSSR count). The molecule has 0 aliphatic heterocycles. The van der Waals surface area contributed by atoms with Crippen LogP contribution in [-0.2, 0) is 14.3 Å². The molecule has 21 heavy (non-hydrogen) atoms. The van der Waals surface area contributed by atoms with Crippen LogP contribution in [0.1, 0.15) is 46.0 Å². The maximum atomic E-state index is 11.9. The lowest BCUT2D eigenvalue weighted by atomic mass is 9.94. The van der Waals surface area contributed by atoms with Gasteiger partial charge in [0.1, 0.15) is 6.04 Å². The number of nitrogens with two attached hydrogens (primary N) is 1. The Morgan fingerprint density at radius 3 is 2.52 bits per heavy atom. The van der Waals surface area contributed by atoms with Crippen LogP contribution in [0.2, 0.25) is 0 Å². The summed E-state index contributed by atoms with van der Waals surface area (Å²) < 4.78 is 4.85. The predicted molar refractivity (Wildman–Crippen MR) is 83.8 cm³/mol. The first kappa shape index (κ1) is 19.9. The van der Waals surface area contributed by atoms with Crippen LogP contribution >= 0.6 is 0 Å². The second kappa shape index (κ2) is 12.6. The van der Waals surface area contributed by atoms with E-state index in [4.69, 9.17) is 10.5 Å². The molecule has 0 bridgehead atoms. The smallest absolute Gasteiger partial charge is 0.242 e. The van der Waals surface area contributed by atoms with E-state index in [9.17, 15) is 9.59 Å². The highest BCUT2D eigenvalue weighted by atomic mass is 16.5. The molecule has 0 aliphatic rings. The summed E-state index contributed by atoms with van der Waals surface area (Å²) in [5.41, 5.74) is 5.58. The number of hydrogen-bond acceptors (Lipinski definition) is 4. The number of methoxy groups -OCH3 is 1. The number of rotatable bonds is 12. The van der Waals surface area contributed by atoms with Crippen molar-refractivity contribution in [3.63, 3.8) is 0 Å². The second-order valence-corrected chi connectivity index (χ2v) is 5.34. The number of ether oxygens (including phenoxy) is 1. The van der Waals surface area contributed by atoms with E-state index in [-0.39, 0.29) is 11.8 Å². The largest absolute Gasteiger partial charge is 0.383 e. The van der Waals surface area contributed by atoms with Crippen molar-refractivity contribution in [3.05, 3.63) is 0 Å². The van der Waals surface area contributed by atoms with E-state index in [1.807, 2.05) is 0 Å². The minimum absolute atomic E-state index is 0.0810. The van der Waals surface area contributed by atoms with Gasteiger partial charge in [-0.15, -0.1) is 0 Å². The third kappa shape index (κ3) is 10.3. The Balaban J connectivity index is 3.97. The van der Waals surface area contributed by atoms with Crippen molar-refractivity contribution >= 4 is 11.8 Å². The van der Waals surface area contributed by atoms with Gasteiger partial charge in [0.05, 0.1) is 6.61 Å². The first-order chi connectivity index (χ1) is 10.0. The van der Waals surface area contributed by atoms with Gasteiger partial charge in [-0.3, -0.25) is 9.59 Å². The van der Waals surface area contributed by atoms with Crippen molar-refractivity contribution in [1.29, 1.82) is 0 Å². The molecule has 2 amide bonds. The molecule has 0 saturated heterocycles. The van der Waals surface area contributed by atoms with E-state index >= 15 is 0 Å². The van der Waals surface area contributed by atoms with Crippen molar-refractivity contribution in [3.8, 4) is 0 Å². The van der Waals surface area contributed by atoms with E-state index in [1.165, 1.54) is 0 Å². The number of hydrogen-bond donors (Lipinski definition) is 3. The zero-order chi connectivity index (χ0) is 16.1. The van der Waals surface area contributed by atoms with E-state index < -0.39 is 6.04 Å². The quantitative estimate of drug-likeness (QED) is 0.465. The van der Waals surface area contributed by atoms with E-state index in [2.05, 4.69) is 17.6 Å².